The Bertz CT molecular complexity index is 317. The predicted octanol–water partition coefficient (Wildman–Crippen LogP) is 1.73. The van der Waals surface area contributed by atoms with Crippen LogP contribution in [0.25, 0.3) is 0 Å². The molecular weight excluding hydrogens is 248 g/mol. The van der Waals surface area contributed by atoms with Crippen molar-refractivity contribution in [3.05, 3.63) is 0 Å². The zero-order chi connectivity index (χ0) is 13.4. The zero-order valence-corrected chi connectivity index (χ0v) is 12.6. The lowest BCUT2D eigenvalue weighted by molar-refractivity contribution is 0.271. The normalized spacial score (nSPS) is 25.2. The van der Waals surface area contributed by atoms with Crippen LogP contribution in [0.4, 0.5) is 0 Å². The SMILES string of the molecule is CNCCCS(=O)(=O)NCCC1CCCC(C)C1. The standard InChI is InChI=1S/C13H28N2O2S/c1-12-5-3-6-13(11-12)7-9-15-18(16,17)10-4-8-14-2/h12-15H,3-11H2,1-2H3. The Kier molecular flexibility index (Phi) is 7.19. The molecule has 18 heavy (non-hydrogen) atoms. The van der Waals surface area contributed by atoms with Crippen molar-refractivity contribution in [1.82, 2.24) is 10.0 Å². The zero-order valence-electron chi connectivity index (χ0n) is 11.7. The predicted molar refractivity (Wildman–Crippen MR) is 76.1 cm³/mol. The van der Waals surface area contributed by atoms with Gasteiger partial charge in [0.15, 0.2) is 0 Å². The van der Waals surface area contributed by atoms with Gasteiger partial charge in [-0.05, 0) is 44.7 Å². The number of nitrogens with one attached hydrogen (secondary N) is 2. The molecule has 2 unspecified atom stereocenters. The highest BCUT2D eigenvalue weighted by Gasteiger charge is 2.19. The molecule has 2 N–H and O–H groups in total. The topological polar surface area (TPSA) is 58.2 Å². The van der Waals surface area contributed by atoms with E-state index in [0.717, 1.165) is 18.9 Å². The summed E-state index contributed by atoms with van der Waals surface area (Å²) in [6.07, 6.45) is 6.85. The van der Waals surface area contributed by atoms with E-state index in [9.17, 15) is 8.42 Å². The second kappa shape index (κ2) is 8.12. The first-order valence-electron chi connectivity index (χ1n) is 7.15. The van der Waals surface area contributed by atoms with Crippen LogP contribution in [-0.4, -0.2) is 34.3 Å². The van der Waals surface area contributed by atoms with E-state index >= 15 is 0 Å². The Labute approximate surface area is 112 Å². The second-order valence-corrected chi connectivity index (χ2v) is 7.52. The highest BCUT2D eigenvalue weighted by molar-refractivity contribution is 7.89. The number of hydrogen-bond acceptors (Lipinski definition) is 3. The fraction of sp³-hybridized carbons (Fsp3) is 1.00. The summed E-state index contributed by atoms with van der Waals surface area (Å²) in [5.74, 6) is 1.76. The van der Waals surface area contributed by atoms with Crippen molar-refractivity contribution in [3.63, 3.8) is 0 Å². The van der Waals surface area contributed by atoms with Gasteiger partial charge in [-0.25, -0.2) is 13.1 Å². The number of rotatable bonds is 8. The molecule has 2 atom stereocenters. The number of hydrogen-bond donors (Lipinski definition) is 2. The van der Waals surface area contributed by atoms with Gasteiger partial charge in [-0.2, -0.15) is 0 Å². The van der Waals surface area contributed by atoms with Crippen LogP contribution in [-0.2, 0) is 10.0 Å². The summed E-state index contributed by atoms with van der Waals surface area (Å²) in [5.41, 5.74) is 0. The first kappa shape index (κ1) is 15.9. The largest absolute Gasteiger partial charge is 0.320 e. The van der Waals surface area contributed by atoms with Gasteiger partial charge in [0.2, 0.25) is 10.0 Å². The first-order chi connectivity index (χ1) is 8.53. The van der Waals surface area contributed by atoms with E-state index in [4.69, 9.17) is 0 Å². The summed E-state index contributed by atoms with van der Waals surface area (Å²) in [6, 6.07) is 0. The van der Waals surface area contributed by atoms with Crippen molar-refractivity contribution in [1.29, 1.82) is 0 Å². The lowest BCUT2D eigenvalue weighted by Gasteiger charge is -2.26. The van der Waals surface area contributed by atoms with E-state index in [1.165, 1.54) is 25.7 Å². The molecule has 4 nitrogen and oxygen atoms in total. The molecule has 0 aromatic heterocycles. The summed E-state index contributed by atoms with van der Waals surface area (Å²) in [7, 11) is -1.22. The third-order valence-electron chi connectivity index (χ3n) is 3.76. The van der Waals surface area contributed by atoms with Crippen LogP contribution < -0.4 is 10.0 Å². The molecule has 1 rings (SSSR count). The van der Waals surface area contributed by atoms with Crippen LogP contribution in [0.15, 0.2) is 0 Å². The van der Waals surface area contributed by atoms with Crippen molar-refractivity contribution in [2.75, 3.05) is 25.9 Å². The summed E-state index contributed by atoms with van der Waals surface area (Å²) < 4.78 is 26.1. The molecule has 1 aliphatic rings. The van der Waals surface area contributed by atoms with Crippen molar-refractivity contribution >= 4 is 10.0 Å². The fourth-order valence-electron chi connectivity index (χ4n) is 2.75. The molecule has 0 aromatic rings. The van der Waals surface area contributed by atoms with Crippen molar-refractivity contribution in [2.45, 2.75) is 45.4 Å². The van der Waals surface area contributed by atoms with Crippen LogP contribution in [0, 0.1) is 11.8 Å². The van der Waals surface area contributed by atoms with Gasteiger partial charge >= 0.3 is 0 Å². The minimum atomic E-state index is -3.06. The Hall–Kier alpha value is -0.130. The average Bonchev–Trinajstić information content (AvgIpc) is 2.29. The van der Waals surface area contributed by atoms with Gasteiger partial charge in [0, 0.05) is 6.54 Å². The maximum Gasteiger partial charge on any atom is 0.211 e. The van der Waals surface area contributed by atoms with Crippen molar-refractivity contribution < 1.29 is 8.42 Å². The molecule has 1 aliphatic carbocycles. The smallest absolute Gasteiger partial charge is 0.211 e. The summed E-state index contributed by atoms with van der Waals surface area (Å²) in [5, 5.41) is 2.96. The van der Waals surface area contributed by atoms with Crippen molar-refractivity contribution in [2.24, 2.45) is 11.8 Å². The Morgan fingerprint density at radius 3 is 2.67 bits per heavy atom. The molecular formula is C13H28N2O2S. The van der Waals surface area contributed by atoms with Gasteiger partial charge in [0.1, 0.15) is 0 Å². The molecule has 1 saturated carbocycles. The van der Waals surface area contributed by atoms with Crippen LogP contribution in [0.1, 0.15) is 45.4 Å². The lowest BCUT2D eigenvalue weighted by atomic mass is 9.81. The quantitative estimate of drug-likeness (QED) is 0.664. The number of sulfonamides is 1. The molecule has 0 amide bonds. The van der Waals surface area contributed by atoms with E-state index in [0.29, 0.717) is 18.9 Å². The molecule has 0 aromatic carbocycles. The first-order valence-corrected chi connectivity index (χ1v) is 8.80. The van der Waals surface area contributed by atoms with Crippen LogP contribution in [0.3, 0.4) is 0 Å². The summed E-state index contributed by atoms with van der Waals surface area (Å²) in [4.78, 5) is 0. The summed E-state index contributed by atoms with van der Waals surface area (Å²) >= 11 is 0. The molecule has 0 saturated heterocycles. The van der Waals surface area contributed by atoms with Crippen LogP contribution in [0.2, 0.25) is 0 Å². The van der Waals surface area contributed by atoms with E-state index in [1.807, 2.05) is 7.05 Å². The van der Waals surface area contributed by atoms with E-state index in [-0.39, 0.29) is 5.75 Å². The molecule has 1 fully saturated rings. The minimum absolute atomic E-state index is 0.231. The Morgan fingerprint density at radius 2 is 2.00 bits per heavy atom. The van der Waals surface area contributed by atoms with Gasteiger partial charge < -0.3 is 5.32 Å². The van der Waals surface area contributed by atoms with Crippen LogP contribution >= 0.6 is 0 Å². The van der Waals surface area contributed by atoms with E-state index in [1.54, 1.807) is 0 Å². The van der Waals surface area contributed by atoms with E-state index in [2.05, 4.69) is 17.0 Å². The minimum Gasteiger partial charge on any atom is -0.320 e. The van der Waals surface area contributed by atoms with Crippen molar-refractivity contribution in [3.8, 4) is 0 Å². The summed E-state index contributed by atoms with van der Waals surface area (Å²) in [6.45, 7) is 3.66. The second-order valence-electron chi connectivity index (χ2n) is 5.60. The maximum absolute atomic E-state index is 11.7. The molecule has 5 heteroatoms. The molecule has 0 heterocycles. The van der Waals surface area contributed by atoms with Gasteiger partial charge in [0.25, 0.3) is 0 Å². The molecule has 0 aliphatic heterocycles. The van der Waals surface area contributed by atoms with Crippen LogP contribution in [0.5, 0.6) is 0 Å². The average molecular weight is 276 g/mol. The van der Waals surface area contributed by atoms with Gasteiger partial charge in [-0.1, -0.05) is 26.2 Å². The molecule has 0 bridgehead atoms. The Balaban J connectivity index is 2.15. The van der Waals surface area contributed by atoms with Gasteiger partial charge in [0.05, 0.1) is 5.75 Å². The van der Waals surface area contributed by atoms with Gasteiger partial charge in [-0.15, -0.1) is 0 Å². The molecule has 0 spiro atoms. The van der Waals surface area contributed by atoms with E-state index < -0.39 is 10.0 Å². The third kappa shape index (κ3) is 6.71. The highest BCUT2D eigenvalue weighted by atomic mass is 32.2. The van der Waals surface area contributed by atoms with Gasteiger partial charge in [-0.3, -0.25) is 0 Å². The molecule has 108 valence electrons. The molecule has 0 radical (unpaired) electrons. The monoisotopic (exact) mass is 276 g/mol. The Morgan fingerprint density at radius 1 is 1.22 bits per heavy atom. The maximum atomic E-state index is 11.7. The lowest BCUT2D eigenvalue weighted by Crippen LogP contribution is -2.30. The fourth-order valence-corrected chi connectivity index (χ4v) is 3.85. The highest BCUT2D eigenvalue weighted by Crippen LogP contribution is 2.30. The third-order valence-corrected chi connectivity index (χ3v) is 5.23.